The van der Waals surface area contributed by atoms with E-state index in [0.29, 0.717) is 17.7 Å². The van der Waals surface area contributed by atoms with Crippen LogP contribution in [0.3, 0.4) is 0 Å². The molecule has 0 spiro atoms. The first-order valence-electron chi connectivity index (χ1n) is 11.9. The average Bonchev–Trinajstić information content (AvgIpc) is 3.49. The fraction of sp³-hybridized carbons (Fsp3) is 0.321. The second-order valence-electron chi connectivity index (χ2n) is 9.55. The molecule has 2 aromatic heterocycles. The Morgan fingerprint density at radius 2 is 1.64 bits per heavy atom. The lowest BCUT2D eigenvalue weighted by molar-refractivity contribution is -0.131. The summed E-state index contributed by atoms with van der Waals surface area (Å²) in [5.74, 6) is 2.05. The molecule has 1 atom stereocenters. The van der Waals surface area contributed by atoms with Gasteiger partial charge in [-0.1, -0.05) is 54.1 Å². The lowest BCUT2D eigenvalue weighted by atomic mass is 10.0. The van der Waals surface area contributed by atoms with Gasteiger partial charge < -0.3 is 9.47 Å². The summed E-state index contributed by atoms with van der Waals surface area (Å²) in [5.41, 5.74) is 6.60. The van der Waals surface area contributed by atoms with Gasteiger partial charge in [0.1, 0.15) is 5.82 Å². The lowest BCUT2D eigenvalue weighted by Crippen LogP contribution is -2.30. The molecule has 1 saturated carbocycles. The molecule has 6 rings (SSSR count). The third kappa shape index (κ3) is 3.92. The summed E-state index contributed by atoms with van der Waals surface area (Å²) in [6.45, 7) is 4.69. The van der Waals surface area contributed by atoms with Crippen LogP contribution in [0.1, 0.15) is 24.8 Å². The van der Waals surface area contributed by atoms with E-state index in [-0.39, 0.29) is 0 Å². The standard InChI is InChI=1S/C28H28N4O/c1-19-4-6-21(7-5-19)22-8-10-23(11-9-22)27-30-26-25(3-2-15-29-26)32(27)18-20-14-16-31(17-20)28(33)24-12-13-24/h2-11,15,20,24H,12-14,16-18H2,1H3/t20-/m1/s1. The molecule has 5 nitrogen and oxygen atoms in total. The number of benzene rings is 2. The second-order valence-corrected chi connectivity index (χ2v) is 9.55. The van der Waals surface area contributed by atoms with Crippen molar-refractivity contribution in [2.75, 3.05) is 13.1 Å². The van der Waals surface area contributed by atoms with Crippen molar-refractivity contribution in [3.63, 3.8) is 0 Å². The highest BCUT2D eigenvalue weighted by Gasteiger charge is 2.36. The molecule has 1 amide bonds. The van der Waals surface area contributed by atoms with Crippen molar-refractivity contribution >= 4 is 17.1 Å². The van der Waals surface area contributed by atoms with Gasteiger partial charge >= 0.3 is 0 Å². The molecule has 2 aliphatic rings. The molecule has 166 valence electrons. The van der Waals surface area contributed by atoms with Crippen LogP contribution < -0.4 is 0 Å². The topological polar surface area (TPSA) is 51.0 Å². The third-order valence-electron chi connectivity index (χ3n) is 7.02. The van der Waals surface area contributed by atoms with E-state index >= 15 is 0 Å². The number of pyridine rings is 1. The quantitative estimate of drug-likeness (QED) is 0.425. The van der Waals surface area contributed by atoms with Gasteiger partial charge in [-0.3, -0.25) is 4.79 Å². The van der Waals surface area contributed by atoms with Crippen molar-refractivity contribution in [2.45, 2.75) is 32.7 Å². The normalized spacial score (nSPS) is 18.2. The number of carbonyl (C=O) groups excluding carboxylic acids is 1. The van der Waals surface area contributed by atoms with Gasteiger partial charge in [0.05, 0.1) is 5.52 Å². The Labute approximate surface area is 194 Å². The minimum atomic E-state index is 0.296. The van der Waals surface area contributed by atoms with E-state index in [9.17, 15) is 4.79 Å². The molecule has 2 fully saturated rings. The number of rotatable bonds is 5. The summed E-state index contributed by atoms with van der Waals surface area (Å²) in [4.78, 5) is 24.0. The molecule has 1 saturated heterocycles. The zero-order valence-corrected chi connectivity index (χ0v) is 18.9. The number of aryl methyl sites for hydroxylation is 1. The van der Waals surface area contributed by atoms with Crippen LogP contribution in [0, 0.1) is 18.8 Å². The second kappa shape index (κ2) is 8.14. The van der Waals surface area contributed by atoms with Crippen molar-refractivity contribution in [2.24, 2.45) is 11.8 Å². The van der Waals surface area contributed by atoms with Crippen molar-refractivity contribution in [1.82, 2.24) is 19.4 Å². The van der Waals surface area contributed by atoms with E-state index in [4.69, 9.17) is 4.98 Å². The molecule has 2 aromatic carbocycles. The van der Waals surface area contributed by atoms with Crippen LogP contribution in [0.2, 0.25) is 0 Å². The zero-order valence-electron chi connectivity index (χ0n) is 18.9. The number of fused-ring (bicyclic) bond motifs is 1. The Hall–Kier alpha value is -3.47. The minimum absolute atomic E-state index is 0.296. The number of nitrogens with zero attached hydrogens (tertiary/aromatic N) is 4. The van der Waals surface area contributed by atoms with Crippen molar-refractivity contribution < 1.29 is 4.79 Å². The highest BCUT2D eigenvalue weighted by Crippen LogP contribution is 2.34. The summed E-state index contributed by atoms with van der Waals surface area (Å²) in [6, 6.07) is 21.3. The molecule has 33 heavy (non-hydrogen) atoms. The molecule has 0 N–H and O–H groups in total. The highest BCUT2D eigenvalue weighted by atomic mass is 16.2. The van der Waals surface area contributed by atoms with Gasteiger partial charge in [0, 0.05) is 37.3 Å². The van der Waals surface area contributed by atoms with Gasteiger partial charge in [0.2, 0.25) is 5.91 Å². The Bertz CT molecular complexity index is 1300. The molecule has 0 bridgehead atoms. The predicted molar refractivity (Wildman–Crippen MR) is 131 cm³/mol. The van der Waals surface area contributed by atoms with Crippen LogP contribution in [-0.2, 0) is 11.3 Å². The van der Waals surface area contributed by atoms with Gasteiger partial charge in [0.25, 0.3) is 0 Å². The molecular formula is C28H28N4O. The molecule has 1 aliphatic carbocycles. The number of likely N-dealkylation sites (tertiary alicyclic amines) is 1. The predicted octanol–water partition coefficient (Wildman–Crippen LogP) is 5.33. The molecule has 0 unspecified atom stereocenters. The molecular weight excluding hydrogens is 408 g/mol. The van der Waals surface area contributed by atoms with Crippen LogP contribution in [-0.4, -0.2) is 38.4 Å². The first-order chi connectivity index (χ1) is 16.2. The number of hydrogen-bond acceptors (Lipinski definition) is 3. The first kappa shape index (κ1) is 20.2. The van der Waals surface area contributed by atoms with Gasteiger partial charge in [-0.2, -0.15) is 0 Å². The number of carbonyl (C=O) groups is 1. The van der Waals surface area contributed by atoms with E-state index in [1.165, 1.54) is 16.7 Å². The highest BCUT2D eigenvalue weighted by molar-refractivity contribution is 5.81. The van der Waals surface area contributed by atoms with Crippen LogP contribution in [0.25, 0.3) is 33.7 Å². The number of aromatic nitrogens is 3. The van der Waals surface area contributed by atoms with Crippen molar-refractivity contribution in [3.8, 4) is 22.5 Å². The zero-order chi connectivity index (χ0) is 22.4. The van der Waals surface area contributed by atoms with E-state index in [1.54, 1.807) is 6.20 Å². The molecule has 1 aliphatic heterocycles. The van der Waals surface area contributed by atoms with E-state index in [1.807, 2.05) is 6.07 Å². The van der Waals surface area contributed by atoms with Gasteiger partial charge in [-0.05, 0) is 55.4 Å². The smallest absolute Gasteiger partial charge is 0.225 e. The summed E-state index contributed by atoms with van der Waals surface area (Å²) < 4.78 is 2.30. The molecule has 0 radical (unpaired) electrons. The summed E-state index contributed by atoms with van der Waals surface area (Å²) in [7, 11) is 0. The third-order valence-corrected chi connectivity index (χ3v) is 7.02. The van der Waals surface area contributed by atoms with Gasteiger partial charge in [-0.15, -0.1) is 0 Å². The van der Waals surface area contributed by atoms with E-state index in [2.05, 4.69) is 76.0 Å². The largest absolute Gasteiger partial charge is 0.342 e. The van der Waals surface area contributed by atoms with Crippen LogP contribution in [0.4, 0.5) is 0 Å². The fourth-order valence-corrected chi connectivity index (χ4v) is 4.95. The van der Waals surface area contributed by atoms with Gasteiger partial charge in [-0.25, -0.2) is 9.97 Å². The lowest BCUT2D eigenvalue weighted by Gasteiger charge is -2.17. The molecule has 4 aromatic rings. The van der Waals surface area contributed by atoms with Crippen molar-refractivity contribution in [3.05, 3.63) is 72.4 Å². The first-order valence-corrected chi connectivity index (χ1v) is 11.9. The van der Waals surface area contributed by atoms with E-state index < -0.39 is 0 Å². The fourth-order valence-electron chi connectivity index (χ4n) is 4.95. The van der Waals surface area contributed by atoms with Gasteiger partial charge in [0.15, 0.2) is 5.65 Å². The number of imidazole rings is 1. The Kier molecular flexibility index (Phi) is 4.97. The maximum atomic E-state index is 12.5. The average molecular weight is 437 g/mol. The SMILES string of the molecule is Cc1ccc(-c2ccc(-c3nc4ncccc4n3C[C@@H]3CCN(C(=O)C4CC4)C3)cc2)cc1. The Morgan fingerprint density at radius 1 is 0.939 bits per heavy atom. The van der Waals surface area contributed by atoms with Crippen LogP contribution in [0.15, 0.2) is 66.9 Å². The summed E-state index contributed by atoms with van der Waals surface area (Å²) >= 11 is 0. The summed E-state index contributed by atoms with van der Waals surface area (Å²) in [6.07, 6.45) is 4.99. The maximum absolute atomic E-state index is 12.5. The Balaban J connectivity index is 1.30. The summed E-state index contributed by atoms with van der Waals surface area (Å²) in [5, 5.41) is 0. The maximum Gasteiger partial charge on any atom is 0.225 e. The monoisotopic (exact) mass is 436 g/mol. The number of hydrogen-bond donors (Lipinski definition) is 0. The van der Waals surface area contributed by atoms with Crippen LogP contribution >= 0.6 is 0 Å². The number of amides is 1. The Morgan fingerprint density at radius 3 is 2.36 bits per heavy atom. The van der Waals surface area contributed by atoms with Crippen LogP contribution in [0.5, 0.6) is 0 Å². The van der Waals surface area contributed by atoms with Crippen molar-refractivity contribution in [1.29, 1.82) is 0 Å². The molecule has 3 heterocycles. The molecule has 5 heteroatoms. The minimum Gasteiger partial charge on any atom is -0.342 e. The van der Waals surface area contributed by atoms with E-state index in [0.717, 1.165) is 61.4 Å².